The number of likely N-dealkylation sites (N-methyl/N-ethyl adjacent to an activating group) is 1. The van der Waals surface area contributed by atoms with Gasteiger partial charge in [-0.25, -0.2) is 0 Å². The molecular formula is C24H24N2O3. The summed E-state index contributed by atoms with van der Waals surface area (Å²) in [6.45, 7) is 2.46. The summed E-state index contributed by atoms with van der Waals surface area (Å²) in [6.07, 6.45) is 1.94. The van der Waals surface area contributed by atoms with Crippen LogP contribution in [-0.2, 0) is 9.59 Å². The van der Waals surface area contributed by atoms with Gasteiger partial charge in [-0.15, -0.1) is 0 Å². The Morgan fingerprint density at radius 2 is 1.72 bits per heavy atom. The zero-order valence-corrected chi connectivity index (χ0v) is 16.4. The van der Waals surface area contributed by atoms with E-state index in [1.54, 1.807) is 29.2 Å². The molecule has 0 atom stereocenters. The number of ether oxygens (including phenoxy) is 1. The first-order valence-corrected chi connectivity index (χ1v) is 9.97. The molecule has 0 unspecified atom stereocenters. The molecule has 5 heteroatoms. The third-order valence-electron chi connectivity index (χ3n) is 5.11. The molecule has 1 saturated carbocycles. The molecule has 1 aliphatic rings. The van der Waals surface area contributed by atoms with Gasteiger partial charge in [0.05, 0.1) is 5.69 Å². The summed E-state index contributed by atoms with van der Waals surface area (Å²) >= 11 is 0. The Morgan fingerprint density at radius 3 is 2.45 bits per heavy atom. The Labute approximate surface area is 170 Å². The zero-order chi connectivity index (χ0) is 20.2. The topological polar surface area (TPSA) is 58.6 Å². The van der Waals surface area contributed by atoms with Crippen molar-refractivity contribution in [3.63, 3.8) is 0 Å². The van der Waals surface area contributed by atoms with Gasteiger partial charge in [0.2, 0.25) is 5.91 Å². The normalized spacial score (nSPS) is 13.1. The quantitative estimate of drug-likeness (QED) is 0.642. The van der Waals surface area contributed by atoms with Gasteiger partial charge < -0.3 is 15.0 Å². The van der Waals surface area contributed by atoms with Crippen molar-refractivity contribution in [2.75, 3.05) is 23.4 Å². The van der Waals surface area contributed by atoms with Gasteiger partial charge in [0, 0.05) is 23.5 Å². The van der Waals surface area contributed by atoms with E-state index in [2.05, 4.69) is 5.32 Å². The van der Waals surface area contributed by atoms with Gasteiger partial charge in [0.1, 0.15) is 5.75 Å². The number of carbonyl (C=O) groups excluding carboxylic acids is 2. The summed E-state index contributed by atoms with van der Waals surface area (Å²) in [5, 5.41) is 5.03. The predicted molar refractivity (Wildman–Crippen MR) is 115 cm³/mol. The minimum atomic E-state index is -0.102. The average molecular weight is 388 g/mol. The third-order valence-corrected chi connectivity index (χ3v) is 5.11. The van der Waals surface area contributed by atoms with Crippen LogP contribution in [0.3, 0.4) is 0 Å². The molecular weight excluding hydrogens is 364 g/mol. The molecule has 1 fully saturated rings. The van der Waals surface area contributed by atoms with Crippen LogP contribution in [0.25, 0.3) is 10.8 Å². The second-order valence-corrected chi connectivity index (χ2v) is 7.21. The number of rotatable bonds is 7. The summed E-state index contributed by atoms with van der Waals surface area (Å²) in [7, 11) is 0. The van der Waals surface area contributed by atoms with Gasteiger partial charge in [-0.05, 0) is 55.5 Å². The van der Waals surface area contributed by atoms with Crippen molar-refractivity contribution < 1.29 is 14.3 Å². The number of hydrogen-bond acceptors (Lipinski definition) is 3. The van der Waals surface area contributed by atoms with E-state index < -0.39 is 0 Å². The number of anilines is 2. The largest absolute Gasteiger partial charge is 0.484 e. The van der Waals surface area contributed by atoms with Crippen molar-refractivity contribution >= 4 is 34.0 Å². The Balaban J connectivity index is 1.40. The molecule has 0 saturated heterocycles. The van der Waals surface area contributed by atoms with E-state index in [4.69, 9.17) is 4.74 Å². The molecule has 2 amide bonds. The minimum absolute atomic E-state index is 0.0508. The van der Waals surface area contributed by atoms with Crippen LogP contribution in [0.2, 0.25) is 0 Å². The van der Waals surface area contributed by atoms with Gasteiger partial charge in [-0.3, -0.25) is 9.59 Å². The highest BCUT2D eigenvalue weighted by atomic mass is 16.5. The SMILES string of the molecule is CCN(C(=O)COc1ccc(NC(=O)C2CC2)cc1)c1cccc2ccccc12. The van der Waals surface area contributed by atoms with E-state index in [1.165, 1.54) is 0 Å². The van der Waals surface area contributed by atoms with E-state index in [9.17, 15) is 9.59 Å². The lowest BCUT2D eigenvalue weighted by atomic mass is 10.1. The first-order chi connectivity index (χ1) is 14.2. The summed E-state index contributed by atoms with van der Waals surface area (Å²) in [5.74, 6) is 0.729. The molecule has 0 spiro atoms. The number of nitrogens with one attached hydrogen (secondary N) is 1. The molecule has 3 aromatic carbocycles. The van der Waals surface area contributed by atoms with E-state index in [0.717, 1.165) is 35.0 Å². The Bertz CT molecular complexity index is 1020. The molecule has 5 nitrogen and oxygen atoms in total. The van der Waals surface area contributed by atoms with Gasteiger partial charge in [-0.2, -0.15) is 0 Å². The lowest BCUT2D eigenvalue weighted by Crippen LogP contribution is -2.34. The van der Waals surface area contributed by atoms with Crippen molar-refractivity contribution in [1.29, 1.82) is 0 Å². The van der Waals surface area contributed by atoms with Crippen LogP contribution < -0.4 is 15.0 Å². The van der Waals surface area contributed by atoms with Gasteiger partial charge in [0.25, 0.3) is 5.91 Å². The van der Waals surface area contributed by atoms with E-state index >= 15 is 0 Å². The van der Waals surface area contributed by atoms with E-state index in [-0.39, 0.29) is 24.3 Å². The zero-order valence-electron chi connectivity index (χ0n) is 16.4. The number of amides is 2. The molecule has 0 heterocycles. The van der Waals surface area contributed by atoms with Crippen LogP contribution >= 0.6 is 0 Å². The van der Waals surface area contributed by atoms with E-state index in [0.29, 0.717) is 12.3 Å². The summed E-state index contributed by atoms with van der Waals surface area (Å²) in [5.41, 5.74) is 1.63. The van der Waals surface area contributed by atoms with Crippen molar-refractivity contribution in [3.8, 4) is 5.75 Å². The van der Waals surface area contributed by atoms with Gasteiger partial charge >= 0.3 is 0 Å². The first kappa shape index (κ1) is 19.0. The molecule has 0 radical (unpaired) electrons. The molecule has 148 valence electrons. The Kier molecular flexibility index (Phi) is 5.47. The lowest BCUT2D eigenvalue weighted by molar-refractivity contribution is -0.120. The second kappa shape index (κ2) is 8.35. The van der Waals surface area contributed by atoms with Crippen LogP contribution in [0, 0.1) is 5.92 Å². The fraction of sp³-hybridized carbons (Fsp3) is 0.250. The van der Waals surface area contributed by atoms with Crippen LogP contribution in [0.5, 0.6) is 5.75 Å². The Morgan fingerprint density at radius 1 is 1.00 bits per heavy atom. The average Bonchev–Trinajstić information content (AvgIpc) is 3.59. The molecule has 0 aliphatic heterocycles. The third kappa shape index (κ3) is 4.40. The van der Waals surface area contributed by atoms with E-state index in [1.807, 2.05) is 49.4 Å². The summed E-state index contributed by atoms with van der Waals surface area (Å²) in [4.78, 5) is 26.4. The predicted octanol–water partition coefficient (Wildman–Crippen LogP) is 4.62. The molecule has 4 rings (SSSR count). The molecule has 1 N–H and O–H groups in total. The number of carbonyl (C=O) groups is 2. The molecule has 0 bridgehead atoms. The lowest BCUT2D eigenvalue weighted by Gasteiger charge is -2.23. The van der Waals surface area contributed by atoms with Crippen molar-refractivity contribution in [1.82, 2.24) is 0 Å². The standard InChI is InChI=1S/C24H24N2O3/c1-2-26(22-9-5-7-17-6-3-4-8-21(17)22)23(27)16-29-20-14-12-19(13-15-20)25-24(28)18-10-11-18/h3-9,12-15,18H,2,10-11,16H2,1H3,(H,25,28). The van der Waals surface area contributed by atoms with Crippen molar-refractivity contribution in [2.45, 2.75) is 19.8 Å². The molecule has 3 aromatic rings. The highest BCUT2D eigenvalue weighted by Crippen LogP contribution is 2.30. The summed E-state index contributed by atoms with van der Waals surface area (Å²) < 4.78 is 5.70. The molecule has 29 heavy (non-hydrogen) atoms. The number of hydrogen-bond donors (Lipinski definition) is 1. The summed E-state index contributed by atoms with van der Waals surface area (Å²) in [6, 6.07) is 21.1. The molecule has 1 aliphatic carbocycles. The highest BCUT2D eigenvalue weighted by molar-refractivity contribution is 6.04. The van der Waals surface area contributed by atoms with Crippen LogP contribution in [-0.4, -0.2) is 25.0 Å². The van der Waals surface area contributed by atoms with Crippen molar-refractivity contribution in [2.24, 2.45) is 5.92 Å². The van der Waals surface area contributed by atoms with Crippen LogP contribution in [0.1, 0.15) is 19.8 Å². The smallest absolute Gasteiger partial charge is 0.264 e. The van der Waals surface area contributed by atoms with Crippen LogP contribution in [0.15, 0.2) is 66.7 Å². The van der Waals surface area contributed by atoms with Crippen molar-refractivity contribution in [3.05, 3.63) is 66.7 Å². The maximum atomic E-state index is 12.8. The maximum Gasteiger partial charge on any atom is 0.264 e. The van der Waals surface area contributed by atoms with Gasteiger partial charge in [-0.1, -0.05) is 36.4 Å². The highest BCUT2D eigenvalue weighted by Gasteiger charge is 2.29. The number of fused-ring (bicyclic) bond motifs is 1. The first-order valence-electron chi connectivity index (χ1n) is 9.97. The number of benzene rings is 3. The fourth-order valence-corrected chi connectivity index (χ4v) is 3.37. The number of nitrogens with zero attached hydrogens (tertiary/aromatic N) is 1. The second-order valence-electron chi connectivity index (χ2n) is 7.21. The maximum absolute atomic E-state index is 12.8. The molecule has 0 aromatic heterocycles. The van der Waals surface area contributed by atoms with Crippen LogP contribution in [0.4, 0.5) is 11.4 Å². The monoisotopic (exact) mass is 388 g/mol. The fourth-order valence-electron chi connectivity index (χ4n) is 3.37. The minimum Gasteiger partial charge on any atom is -0.484 e. The Hall–Kier alpha value is -3.34. The van der Waals surface area contributed by atoms with Gasteiger partial charge in [0.15, 0.2) is 6.61 Å².